The Hall–Kier alpha value is -2.10. The maximum absolute atomic E-state index is 5.88. The van der Waals surface area contributed by atoms with Gasteiger partial charge in [-0.2, -0.15) is 0 Å². The SMILES string of the molecule is Cc1ccc2c(c1)N(Cc1cncnc1)C[C@H](C)O2. The number of nitrogens with zero attached hydrogens (tertiary/aromatic N) is 3. The van der Waals surface area contributed by atoms with E-state index in [0.29, 0.717) is 0 Å². The summed E-state index contributed by atoms with van der Waals surface area (Å²) in [6.07, 6.45) is 5.48. The number of ether oxygens (including phenoxy) is 1. The maximum Gasteiger partial charge on any atom is 0.143 e. The Morgan fingerprint density at radius 3 is 2.89 bits per heavy atom. The van der Waals surface area contributed by atoms with Crippen LogP contribution >= 0.6 is 0 Å². The predicted octanol–water partition coefficient (Wildman–Crippen LogP) is 2.57. The van der Waals surface area contributed by atoms with Gasteiger partial charge >= 0.3 is 0 Å². The van der Waals surface area contributed by atoms with Crippen molar-refractivity contribution in [2.24, 2.45) is 0 Å². The first-order valence-corrected chi connectivity index (χ1v) is 6.48. The lowest BCUT2D eigenvalue weighted by atomic mass is 10.1. The van der Waals surface area contributed by atoms with Crippen molar-refractivity contribution in [3.05, 3.63) is 48.0 Å². The minimum absolute atomic E-state index is 0.194. The molecule has 0 saturated carbocycles. The molecule has 98 valence electrons. The number of aromatic nitrogens is 2. The average Bonchev–Trinajstić information content (AvgIpc) is 2.41. The van der Waals surface area contributed by atoms with E-state index in [4.69, 9.17) is 4.74 Å². The number of hydrogen-bond acceptors (Lipinski definition) is 4. The quantitative estimate of drug-likeness (QED) is 0.826. The molecular weight excluding hydrogens is 238 g/mol. The van der Waals surface area contributed by atoms with Crippen molar-refractivity contribution in [1.29, 1.82) is 0 Å². The van der Waals surface area contributed by atoms with Crippen LogP contribution in [0.2, 0.25) is 0 Å². The molecule has 0 aliphatic carbocycles. The molecule has 0 amide bonds. The second-order valence-corrected chi connectivity index (χ2v) is 5.03. The van der Waals surface area contributed by atoms with E-state index < -0.39 is 0 Å². The molecule has 0 radical (unpaired) electrons. The fraction of sp³-hybridized carbons (Fsp3) is 0.333. The molecule has 0 bridgehead atoms. The van der Waals surface area contributed by atoms with Crippen LogP contribution < -0.4 is 9.64 Å². The summed E-state index contributed by atoms with van der Waals surface area (Å²) in [7, 11) is 0. The van der Waals surface area contributed by atoms with Crippen molar-refractivity contribution in [3.63, 3.8) is 0 Å². The number of benzene rings is 1. The van der Waals surface area contributed by atoms with E-state index in [1.54, 1.807) is 6.33 Å². The molecule has 0 saturated heterocycles. The van der Waals surface area contributed by atoms with Crippen molar-refractivity contribution >= 4 is 5.69 Å². The standard InChI is InChI=1S/C15H17N3O/c1-11-3-4-15-14(5-11)18(8-12(2)19-15)9-13-6-16-10-17-7-13/h3-7,10,12H,8-9H2,1-2H3/t12-/m0/s1. The Morgan fingerprint density at radius 1 is 1.32 bits per heavy atom. The summed E-state index contributed by atoms with van der Waals surface area (Å²) in [5.41, 5.74) is 3.51. The van der Waals surface area contributed by atoms with Crippen molar-refractivity contribution in [3.8, 4) is 5.75 Å². The second-order valence-electron chi connectivity index (χ2n) is 5.03. The van der Waals surface area contributed by atoms with E-state index in [-0.39, 0.29) is 6.10 Å². The first kappa shape index (κ1) is 12.0. The molecule has 3 rings (SSSR count). The molecule has 2 heterocycles. The Kier molecular flexibility index (Phi) is 3.07. The molecule has 1 aliphatic rings. The largest absolute Gasteiger partial charge is 0.487 e. The summed E-state index contributed by atoms with van der Waals surface area (Å²) in [6, 6.07) is 6.31. The predicted molar refractivity (Wildman–Crippen MR) is 74.4 cm³/mol. The zero-order valence-corrected chi connectivity index (χ0v) is 11.2. The van der Waals surface area contributed by atoms with Crippen LogP contribution in [0.1, 0.15) is 18.1 Å². The molecule has 1 aliphatic heterocycles. The van der Waals surface area contributed by atoms with Gasteiger partial charge in [0.25, 0.3) is 0 Å². The minimum atomic E-state index is 0.194. The fourth-order valence-corrected chi connectivity index (χ4v) is 2.42. The molecular formula is C15H17N3O. The highest BCUT2D eigenvalue weighted by Crippen LogP contribution is 2.34. The fourth-order valence-electron chi connectivity index (χ4n) is 2.42. The lowest BCUT2D eigenvalue weighted by molar-refractivity contribution is 0.212. The third-order valence-corrected chi connectivity index (χ3v) is 3.25. The van der Waals surface area contributed by atoms with Gasteiger partial charge in [-0.1, -0.05) is 6.07 Å². The van der Waals surface area contributed by atoms with E-state index in [2.05, 4.69) is 46.9 Å². The Morgan fingerprint density at radius 2 is 2.11 bits per heavy atom. The van der Waals surface area contributed by atoms with Crippen molar-refractivity contribution < 1.29 is 4.74 Å². The summed E-state index contributed by atoms with van der Waals surface area (Å²) in [5.74, 6) is 0.959. The van der Waals surface area contributed by atoms with Crippen LogP contribution in [-0.4, -0.2) is 22.6 Å². The Bertz CT molecular complexity index is 571. The van der Waals surface area contributed by atoms with Crippen molar-refractivity contribution in [1.82, 2.24) is 9.97 Å². The third kappa shape index (κ3) is 2.52. The lowest BCUT2D eigenvalue weighted by Gasteiger charge is -2.35. The van der Waals surface area contributed by atoms with Gasteiger partial charge in [0.05, 0.1) is 12.2 Å². The zero-order valence-electron chi connectivity index (χ0n) is 11.2. The molecule has 0 unspecified atom stereocenters. The van der Waals surface area contributed by atoms with Crippen LogP contribution in [-0.2, 0) is 6.54 Å². The summed E-state index contributed by atoms with van der Waals surface area (Å²) in [6.45, 7) is 5.88. The molecule has 0 fully saturated rings. The molecule has 1 atom stereocenters. The van der Waals surface area contributed by atoms with Gasteiger partial charge in [0.2, 0.25) is 0 Å². The number of fused-ring (bicyclic) bond motifs is 1. The van der Waals surface area contributed by atoms with Crippen LogP contribution in [0.5, 0.6) is 5.75 Å². The van der Waals surface area contributed by atoms with Gasteiger partial charge in [-0.15, -0.1) is 0 Å². The zero-order chi connectivity index (χ0) is 13.2. The number of aryl methyl sites for hydroxylation is 1. The van der Waals surface area contributed by atoms with Gasteiger partial charge < -0.3 is 9.64 Å². The smallest absolute Gasteiger partial charge is 0.143 e. The lowest BCUT2D eigenvalue weighted by Crippen LogP contribution is -2.38. The highest BCUT2D eigenvalue weighted by atomic mass is 16.5. The summed E-state index contributed by atoms with van der Waals surface area (Å²) >= 11 is 0. The average molecular weight is 255 g/mol. The summed E-state index contributed by atoms with van der Waals surface area (Å²) < 4.78 is 5.88. The van der Waals surface area contributed by atoms with Crippen LogP contribution in [0.25, 0.3) is 0 Å². The van der Waals surface area contributed by atoms with Gasteiger partial charge in [-0.05, 0) is 31.5 Å². The molecule has 1 aromatic carbocycles. The first-order chi connectivity index (χ1) is 9.22. The van der Waals surface area contributed by atoms with E-state index in [1.807, 2.05) is 12.4 Å². The molecule has 4 heteroatoms. The Labute approximate surface area is 113 Å². The third-order valence-electron chi connectivity index (χ3n) is 3.25. The van der Waals surface area contributed by atoms with E-state index in [9.17, 15) is 0 Å². The number of hydrogen-bond donors (Lipinski definition) is 0. The first-order valence-electron chi connectivity index (χ1n) is 6.48. The van der Waals surface area contributed by atoms with Crippen LogP contribution in [0.3, 0.4) is 0 Å². The van der Waals surface area contributed by atoms with Crippen molar-refractivity contribution in [2.45, 2.75) is 26.5 Å². The molecule has 19 heavy (non-hydrogen) atoms. The van der Waals surface area contributed by atoms with Gasteiger partial charge in [0, 0.05) is 24.5 Å². The molecule has 0 N–H and O–H groups in total. The summed E-state index contributed by atoms with van der Waals surface area (Å²) in [4.78, 5) is 10.5. The van der Waals surface area contributed by atoms with Crippen LogP contribution in [0, 0.1) is 6.92 Å². The highest BCUT2D eigenvalue weighted by molar-refractivity contribution is 5.61. The molecule has 2 aromatic rings. The molecule has 4 nitrogen and oxygen atoms in total. The van der Waals surface area contributed by atoms with E-state index >= 15 is 0 Å². The number of anilines is 1. The highest BCUT2D eigenvalue weighted by Gasteiger charge is 2.23. The number of rotatable bonds is 2. The monoisotopic (exact) mass is 255 g/mol. The van der Waals surface area contributed by atoms with Gasteiger partial charge in [-0.3, -0.25) is 0 Å². The summed E-state index contributed by atoms with van der Waals surface area (Å²) in [5, 5.41) is 0. The van der Waals surface area contributed by atoms with Crippen LogP contribution in [0.4, 0.5) is 5.69 Å². The maximum atomic E-state index is 5.88. The van der Waals surface area contributed by atoms with Crippen LogP contribution in [0.15, 0.2) is 36.9 Å². The van der Waals surface area contributed by atoms with Crippen molar-refractivity contribution in [2.75, 3.05) is 11.4 Å². The van der Waals surface area contributed by atoms with E-state index in [1.165, 1.54) is 5.56 Å². The normalized spacial score (nSPS) is 17.8. The second kappa shape index (κ2) is 4.88. The molecule has 1 aromatic heterocycles. The minimum Gasteiger partial charge on any atom is -0.487 e. The van der Waals surface area contributed by atoms with E-state index in [0.717, 1.165) is 30.1 Å². The topological polar surface area (TPSA) is 38.2 Å². The van der Waals surface area contributed by atoms with Gasteiger partial charge in [0.15, 0.2) is 0 Å². The molecule has 0 spiro atoms. The van der Waals surface area contributed by atoms with Gasteiger partial charge in [0.1, 0.15) is 18.2 Å². The Balaban J connectivity index is 1.92. The van der Waals surface area contributed by atoms with Gasteiger partial charge in [-0.25, -0.2) is 9.97 Å².